The van der Waals surface area contributed by atoms with Crippen molar-refractivity contribution in [3.05, 3.63) is 30.1 Å². The Morgan fingerprint density at radius 3 is 2.88 bits per heavy atom. The first-order chi connectivity index (χ1) is 8.08. The molecule has 5 heteroatoms. The molecule has 0 atom stereocenters. The van der Waals surface area contributed by atoms with Crippen LogP contribution in [0.2, 0.25) is 0 Å². The number of nitrogens with one attached hydrogen (secondary N) is 2. The summed E-state index contributed by atoms with van der Waals surface area (Å²) < 4.78 is 0. The van der Waals surface area contributed by atoms with Gasteiger partial charge in [-0.25, -0.2) is 0 Å². The van der Waals surface area contributed by atoms with Crippen molar-refractivity contribution in [2.75, 3.05) is 0 Å². The highest BCUT2D eigenvalue weighted by Gasteiger charge is 2.06. The SMILES string of the molecule is CC(C)CC(=O)NC(=S)NCc1cccnc1. The zero-order valence-corrected chi connectivity index (χ0v) is 10.9. The molecule has 0 bridgehead atoms. The van der Waals surface area contributed by atoms with E-state index in [9.17, 15) is 4.79 Å². The fourth-order valence-corrected chi connectivity index (χ4v) is 1.46. The van der Waals surface area contributed by atoms with Gasteiger partial charge in [-0.05, 0) is 29.8 Å². The van der Waals surface area contributed by atoms with Gasteiger partial charge >= 0.3 is 0 Å². The van der Waals surface area contributed by atoms with Gasteiger partial charge in [-0.1, -0.05) is 19.9 Å². The zero-order valence-electron chi connectivity index (χ0n) is 10.1. The number of rotatable bonds is 4. The summed E-state index contributed by atoms with van der Waals surface area (Å²) in [6, 6.07) is 3.80. The van der Waals surface area contributed by atoms with Crippen LogP contribution < -0.4 is 10.6 Å². The molecule has 0 aliphatic rings. The maximum Gasteiger partial charge on any atom is 0.226 e. The molecule has 0 aromatic carbocycles. The van der Waals surface area contributed by atoms with Gasteiger partial charge in [-0.3, -0.25) is 9.78 Å². The Bertz CT molecular complexity index is 379. The average molecular weight is 251 g/mol. The highest BCUT2D eigenvalue weighted by atomic mass is 32.1. The van der Waals surface area contributed by atoms with Gasteiger partial charge in [-0.15, -0.1) is 0 Å². The molecule has 17 heavy (non-hydrogen) atoms. The summed E-state index contributed by atoms with van der Waals surface area (Å²) in [5.41, 5.74) is 1.02. The Morgan fingerprint density at radius 2 is 2.29 bits per heavy atom. The van der Waals surface area contributed by atoms with Crippen LogP contribution in [-0.4, -0.2) is 16.0 Å². The fourth-order valence-electron chi connectivity index (χ4n) is 1.28. The summed E-state index contributed by atoms with van der Waals surface area (Å²) >= 11 is 5.02. The van der Waals surface area contributed by atoms with Crippen LogP contribution in [0.3, 0.4) is 0 Å². The van der Waals surface area contributed by atoms with Crippen molar-refractivity contribution < 1.29 is 4.79 Å². The van der Waals surface area contributed by atoms with Gasteiger partial charge in [0.1, 0.15) is 0 Å². The van der Waals surface area contributed by atoms with E-state index in [4.69, 9.17) is 12.2 Å². The molecule has 1 heterocycles. The van der Waals surface area contributed by atoms with E-state index >= 15 is 0 Å². The lowest BCUT2D eigenvalue weighted by atomic mass is 10.1. The van der Waals surface area contributed by atoms with E-state index in [0.29, 0.717) is 24.0 Å². The van der Waals surface area contributed by atoms with Gasteiger partial charge in [0.15, 0.2) is 5.11 Å². The Morgan fingerprint density at radius 1 is 1.53 bits per heavy atom. The lowest BCUT2D eigenvalue weighted by molar-refractivity contribution is -0.120. The molecule has 1 amide bonds. The molecule has 4 nitrogen and oxygen atoms in total. The van der Waals surface area contributed by atoms with Crippen LogP contribution in [0.1, 0.15) is 25.8 Å². The van der Waals surface area contributed by atoms with Crippen LogP contribution in [0, 0.1) is 5.92 Å². The number of aromatic nitrogens is 1. The highest BCUT2D eigenvalue weighted by molar-refractivity contribution is 7.80. The molecule has 1 aromatic rings. The zero-order chi connectivity index (χ0) is 12.7. The number of pyridine rings is 1. The summed E-state index contributed by atoms with van der Waals surface area (Å²) in [5, 5.41) is 5.97. The standard InChI is InChI=1S/C12H17N3OS/c1-9(2)6-11(16)15-12(17)14-8-10-4-3-5-13-7-10/h3-5,7,9H,6,8H2,1-2H3,(H2,14,15,16,17). The van der Waals surface area contributed by atoms with E-state index in [-0.39, 0.29) is 5.91 Å². The third kappa shape index (κ3) is 5.97. The minimum absolute atomic E-state index is 0.0521. The summed E-state index contributed by atoms with van der Waals surface area (Å²) in [6.45, 7) is 4.55. The Kier molecular flexibility index (Phi) is 5.56. The summed E-state index contributed by atoms with van der Waals surface area (Å²) in [7, 11) is 0. The number of amides is 1. The minimum atomic E-state index is -0.0521. The highest BCUT2D eigenvalue weighted by Crippen LogP contribution is 1.98. The van der Waals surface area contributed by atoms with Crippen molar-refractivity contribution in [1.82, 2.24) is 15.6 Å². The third-order valence-electron chi connectivity index (χ3n) is 2.02. The van der Waals surface area contributed by atoms with Gasteiger partial charge in [0.05, 0.1) is 0 Å². The molecule has 0 aliphatic heterocycles. The normalized spacial score (nSPS) is 10.1. The number of hydrogen-bond donors (Lipinski definition) is 2. The third-order valence-corrected chi connectivity index (χ3v) is 2.27. The molecule has 0 saturated heterocycles. The average Bonchev–Trinajstić information content (AvgIpc) is 2.26. The van der Waals surface area contributed by atoms with Crippen LogP contribution in [0.5, 0.6) is 0 Å². The molecule has 0 radical (unpaired) electrons. The van der Waals surface area contributed by atoms with Crippen LogP contribution in [-0.2, 0) is 11.3 Å². The molecule has 1 rings (SSSR count). The van der Waals surface area contributed by atoms with Gasteiger partial charge in [0, 0.05) is 25.4 Å². The van der Waals surface area contributed by atoms with Crippen molar-refractivity contribution in [2.24, 2.45) is 5.92 Å². The number of hydrogen-bond acceptors (Lipinski definition) is 3. The largest absolute Gasteiger partial charge is 0.358 e. The van der Waals surface area contributed by atoms with Crippen molar-refractivity contribution in [3.8, 4) is 0 Å². The molecule has 0 fully saturated rings. The topological polar surface area (TPSA) is 54.0 Å². The van der Waals surface area contributed by atoms with E-state index in [1.165, 1.54) is 0 Å². The Labute approximate surface area is 107 Å². The quantitative estimate of drug-likeness (QED) is 0.798. The maximum absolute atomic E-state index is 11.4. The minimum Gasteiger partial charge on any atom is -0.358 e. The first-order valence-corrected chi connectivity index (χ1v) is 5.95. The molecule has 0 unspecified atom stereocenters. The van der Waals surface area contributed by atoms with Crippen molar-refractivity contribution >= 4 is 23.2 Å². The molecule has 0 aliphatic carbocycles. The van der Waals surface area contributed by atoms with Crippen molar-refractivity contribution in [1.29, 1.82) is 0 Å². The van der Waals surface area contributed by atoms with Gasteiger partial charge in [-0.2, -0.15) is 0 Å². The second-order valence-corrected chi connectivity index (χ2v) is 4.60. The summed E-state index contributed by atoms with van der Waals surface area (Å²) in [4.78, 5) is 15.4. The predicted octanol–water partition coefficient (Wildman–Crippen LogP) is 1.62. The monoisotopic (exact) mass is 251 g/mol. The van der Waals surface area contributed by atoms with Gasteiger partial charge in [0.2, 0.25) is 5.91 Å². The second kappa shape index (κ2) is 6.96. The van der Waals surface area contributed by atoms with Crippen molar-refractivity contribution in [2.45, 2.75) is 26.8 Å². The molecule has 0 saturated carbocycles. The maximum atomic E-state index is 11.4. The molecule has 0 spiro atoms. The lowest BCUT2D eigenvalue weighted by Gasteiger charge is -2.10. The van der Waals surface area contributed by atoms with Crippen LogP contribution in [0.15, 0.2) is 24.5 Å². The molecule has 92 valence electrons. The molecular formula is C12H17N3OS. The van der Waals surface area contributed by atoms with E-state index in [1.54, 1.807) is 12.4 Å². The van der Waals surface area contributed by atoms with E-state index < -0.39 is 0 Å². The first kappa shape index (κ1) is 13.6. The van der Waals surface area contributed by atoms with E-state index in [1.807, 2.05) is 26.0 Å². The van der Waals surface area contributed by atoms with E-state index in [2.05, 4.69) is 15.6 Å². The van der Waals surface area contributed by atoms with Crippen LogP contribution >= 0.6 is 12.2 Å². The van der Waals surface area contributed by atoms with Crippen molar-refractivity contribution in [3.63, 3.8) is 0 Å². The number of carbonyl (C=O) groups is 1. The van der Waals surface area contributed by atoms with Gasteiger partial charge < -0.3 is 10.6 Å². The predicted molar refractivity (Wildman–Crippen MR) is 71.3 cm³/mol. The fraction of sp³-hybridized carbons (Fsp3) is 0.417. The van der Waals surface area contributed by atoms with Crippen LogP contribution in [0.4, 0.5) is 0 Å². The Balaban J connectivity index is 2.28. The van der Waals surface area contributed by atoms with Crippen LogP contribution in [0.25, 0.3) is 0 Å². The molecule has 2 N–H and O–H groups in total. The molecular weight excluding hydrogens is 234 g/mol. The summed E-state index contributed by atoms with van der Waals surface area (Å²) in [6.07, 6.45) is 3.95. The first-order valence-electron chi connectivity index (χ1n) is 5.54. The molecule has 1 aromatic heterocycles. The van der Waals surface area contributed by atoms with E-state index in [0.717, 1.165) is 5.56 Å². The number of thiocarbonyl (C=S) groups is 1. The Hall–Kier alpha value is -1.49. The lowest BCUT2D eigenvalue weighted by Crippen LogP contribution is -2.39. The summed E-state index contributed by atoms with van der Waals surface area (Å²) in [5.74, 6) is 0.278. The second-order valence-electron chi connectivity index (χ2n) is 4.19. The number of carbonyl (C=O) groups excluding carboxylic acids is 1. The number of nitrogens with zero attached hydrogens (tertiary/aromatic N) is 1. The smallest absolute Gasteiger partial charge is 0.226 e. The van der Waals surface area contributed by atoms with Gasteiger partial charge in [0.25, 0.3) is 0 Å².